The van der Waals surface area contributed by atoms with E-state index in [1.54, 1.807) is 6.33 Å². The van der Waals surface area contributed by atoms with Gasteiger partial charge in [-0.15, -0.1) is 10.2 Å². The maximum absolute atomic E-state index is 6.00. The maximum Gasteiger partial charge on any atom is 0.198 e. The van der Waals surface area contributed by atoms with Crippen molar-refractivity contribution in [2.45, 2.75) is 49.5 Å². The highest BCUT2D eigenvalue weighted by molar-refractivity contribution is 7.99. The molecule has 0 radical (unpaired) electrons. The summed E-state index contributed by atoms with van der Waals surface area (Å²) in [7, 11) is 1.92. The molecule has 1 aliphatic rings. The highest BCUT2D eigenvalue weighted by atomic mass is 32.2. The Morgan fingerprint density at radius 2 is 2.20 bits per heavy atom. The summed E-state index contributed by atoms with van der Waals surface area (Å²) in [5.74, 6) is 1.88. The molecule has 0 amide bonds. The molecule has 0 bridgehead atoms. The van der Waals surface area contributed by atoms with Crippen LogP contribution < -0.4 is 0 Å². The van der Waals surface area contributed by atoms with Gasteiger partial charge >= 0.3 is 0 Å². The molecule has 0 aromatic carbocycles. The van der Waals surface area contributed by atoms with Gasteiger partial charge in [-0.2, -0.15) is 0 Å². The van der Waals surface area contributed by atoms with Crippen molar-refractivity contribution in [3.05, 3.63) is 41.2 Å². The van der Waals surface area contributed by atoms with E-state index in [1.165, 1.54) is 23.7 Å². The number of hydrogen-bond donors (Lipinski definition) is 0. The number of aromatic nitrogens is 4. The van der Waals surface area contributed by atoms with Crippen LogP contribution in [0, 0.1) is 13.8 Å². The summed E-state index contributed by atoms with van der Waals surface area (Å²) in [5, 5.41) is 13.7. The normalized spacial score (nSPS) is 18.3. The number of rotatable bonds is 5. The van der Waals surface area contributed by atoms with E-state index >= 15 is 0 Å². The van der Waals surface area contributed by atoms with Crippen molar-refractivity contribution in [3.8, 4) is 0 Å². The smallest absolute Gasteiger partial charge is 0.198 e. The number of likely N-dealkylation sites (tertiary alicyclic amines) is 1. The largest absolute Gasteiger partial charge is 0.453 e. The van der Waals surface area contributed by atoms with Crippen molar-refractivity contribution in [1.82, 2.24) is 24.8 Å². The van der Waals surface area contributed by atoms with E-state index < -0.39 is 0 Å². The van der Waals surface area contributed by atoms with Gasteiger partial charge in [0.1, 0.15) is 17.8 Å². The molecule has 4 rings (SSSR count). The van der Waals surface area contributed by atoms with Gasteiger partial charge in [0.2, 0.25) is 0 Å². The third-order valence-corrected chi connectivity index (χ3v) is 5.62. The fourth-order valence-electron chi connectivity index (χ4n) is 3.46. The molecule has 1 saturated heterocycles. The predicted octanol–water partition coefficient (Wildman–Crippen LogP) is 3.50. The number of hydrogen-bond acceptors (Lipinski definition) is 7. The van der Waals surface area contributed by atoms with Crippen LogP contribution in [-0.2, 0) is 13.6 Å². The van der Waals surface area contributed by atoms with Crippen molar-refractivity contribution in [1.29, 1.82) is 0 Å². The lowest BCUT2D eigenvalue weighted by Crippen LogP contribution is -2.23. The summed E-state index contributed by atoms with van der Waals surface area (Å²) in [5.41, 5.74) is 2.23. The Balaban J connectivity index is 1.48. The van der Waals surface area contributed by atoms with Gasteiger partial charge in [0.25, 0.3) is 0 Å². The average molecular weight is 359 g/mol. The van der Waals surface area contributed by atoms with E-state index in [1.807, 2.05) is 37.6 Å². The standard InChI is InChI=1S/C17H21N5O2S/c1-11-16(12(2)24-20-11)14-5-4-8-22(14)9-13-6-7-15(23-13)25-17-19-18-10-21(17)3/h6-7,10,14H,4-5,8-9H2,1-3H3/t14-/m0/s1. The zero-order valence-corrected chi connectivity index (χ0v) is 15.4. The molecule has 1 atom stereocenters. The summed E-state index contributed by atoms with van der Waals surface area (Å²) in [6.07, 6.45) is 3.99. The highest BCUT2D eigenvalue weighted by Gasteiger charge is 2.31. The van der Waals surface area contributed by atoms with Crippen molar-refractivity contribution in [2.75, 3.05) is 6.54 Å². The number of nitrogens with zero attached hydrogens (tertiary/aromatic N) is 5. The fourth-order valence-corrected chi connectivity index (χ4v) is 4.21. The highest BCUT2D eigenvalue weighted by Crippen LogP contribution is 2.37. The van der Waals surface area contributed by atoms with E-state index in [9.17, 15) is 0 Å². The van der Waals surface area contributed by atoms with E-state index in [0.717, 1.165) is 47.0 Å². The monoisotopic (exact) mass is 359 g/mol. The Morgan fingerprint density at radius 3 is 2.92 bits per heavy atom. The summed E-state index contributed by atoms with van der Waals surface area (Å²) < 4.78 is 13.2. The molecule has 7 nitrogen and oxygen atoms in total. The van der Waals surface area contributed by atoms with Gasteiger partial charge < -0.3 is 13.5 Å². The lowest BCUT2D eigenvalue weighted by Gasteiger charge is -2.23. The predicted molar refractivity (Wildman–Crippen MR) is 92.2 cm³/mol. The van der Waals surface area contributed by atoms with Crippen molar-refractivity contribution in [3.63, 3.8) is 0 Å². The van der Waals surface area contributed by atoms with Gasteiger partial charge in [-0.1, -0.05) is 5.16 Å². The Kier molecular flexibility index (Phi) is 4.39. The van der Waals surface area contributed by atoms with Crippen LogP contribution in [0.1, 0.15) is 41.7 Å². The summed E-state index contributed by atoms with van der Waals surface area (Å²) in [6.45, 7) is 5.86. The molecule has 4 heterocycles. The second-order valence-electron chi connectivity index (χ2n) is 6.41. The van der Waals surface area contributed by atoms with Crippen LogP contribution in [0.3, 0.4) is 0 Å². The van der Waals surface area contributed by atoms with Crippen molar-refractivity contribution < 1.29 is 8.94 Å². The van der Waals surface area contributed by atoms with E-state index in [0.29, 0.717) is 6.04 Å². The Hall–Kier alpha value is -2.06. The zero-order chi connectivity index (χ0) is 17.4. The van der Waals surface area contributed by atoms with Crippen LogP contribution in [0.5, 0.6) is 0 Å². The van der Waals surface area contributed by atoms with Gasteiger partial charge in [0, 0.05) is 18.7 Å². The van der Waals surface area contributed by atoms with Crippen molar-refractivity contribution >= 4 is 11.8 Å². The molecule has 1 aliphatic heterocycles. The van der Waals surface area contributed by atoms with Gasteiger partial charge in [0.05, 0.1) is 12.2 Å². The second kappa shape index (κ2) is 6.68. The molecule has 25 heavy (non-hydrogen) atoms. The number of aryl methyl sites for hydroxylation is 3. The maximum atomic E-state index is 6.00. The topological polar surface area (TPSA) is 73.1 Å². The SMILES string of the molecule is Cc1noc(C)c1[C@@H]1CCCN1Cc1ccc(Sc2nncn2C)o1. The lowest BCUT2D eigenvalue weighted by molar-refractivity contribution is 0.220. The van der Waals surface area contributed by atoms with Crippen LogP contribution in [0.25, 0.3) is 0 Å². The lowest BCUT2D eigenvalue weighted by atomic mass is 10.0. The molecule has 0 N–H and O–H groups in total. The minimum atomic E-state index is 0.353. The first-order valence-electron chi connectivity index (χ1n) is 8.39. The molecular formula is C17H21N5O2S. The Morgan fingerprint density at radius 1 is 1.32 bits per heavy atom. The van der Waals surface area contributed by atoms with E-state index in [-0.39, 0.29) is 0 Å². The molecular weight excluding hydrogens is 338 g/mol. The van der Waals surface area contributed by atoms with Crippen LogP contribution in [0.2, 0.25) is 0 Å². The molecule has 3 aromatic heterocycles. The van der Waals surface area contributed by atoms with Gasteiger partial charge in [0.15, 0.2) is 10.2 Å². The fraction of sp³-hybridized carbons (Fsp3) is 0.471. The molecule has 3 aromatic rings. The summed E-state index contributed by atoms with van der Waals surface area (Å²) >= 11 is 1.48. The third-order valence-electron chi connectivity index (χ3n) is 4.64. The first-order chi connectivity index (χ1) is 12.1. The zero-order valence-electron chi connectivity index (χ0n) is 14.6. The molecule has 0 aliphatic carbocycles. The summed E-state index contributed by atoms with van der Waals surface area (Å²) in [6, 6.07) is 4.39. The quantitative estimate of drug-likeness (QED) is 0.690. The second-order valence-corrected chi connectivity index (χ2v) is 7.39. The van der Waals surface area contributed by atoms with Gasteiger partial charge in [-0.05, 0) is 57.1 Å². The summed E-state index contributed by atoms with van der Waals surface area (Å²) in [4.78, 5) is 2.45. The Bertz CT molecular complexity index is 849. The molecule has 8 heteroatoms. The van der Waals surface area contributed by atoms with Crippen LogP contribution in [0.15, 0.2) is 37.6 Å². The van der Waals surface area contributed by atoms with Gasteiger partial charge in [-0.3, -0.25) is 4.90 Å². The van der Waals surface area contributed by atoms with Gasteiger partial charge in [-0.25, -0.2) is 0 Å². The number of furan rings is 1. The Labute approximate surface area is 150 Å². The minimum Gasteiger partial charge on any atom is -0.453 e. The van der Waals surface area contributed by atoms with Crippen LogP contribution in [-0.4, -0.2) is 31.4 Å². The van der Waals surface area contributed by atoms with Crippen molar-refractivity contribution in [2.24, 2.45) is 7.05 Å². The minimum absolute atomic E-state index is 0.353. The average Bonchev–Trinajstić information content (AvgIpc) is 3.34. The first kappa shape index (κ1) is 16.4. The van der Waals surface area contributed by atoms with Crippen LogP contribution in [0.4, 0.5) is 0 Å². The first-order valence-corrected chi connectivity index (χ1v) is 9.21. The molecule has 132 valence electrons. The van der Waals surface area contributed by atoms with E-state index in [2.05, 4.69) is 20.3 Å². The molecule has 0 unspecified atom stereocenters. The molecule has 0 spiro atoms. The van der Waals surface area contributed by atoms with Crippen LogP contribution >= 0.6 is 11.8 Å². The molecule has 1 fully saturated rings. The third kappa shape index (κ3) is 3.23. The van der Waals surface area contributed by atoms with E-state index in [4.69, 9.17) is 8.94 Å². The molecule has 0 saturated carbocycles.